The smallest absolute Gasteiger partial charge is 0.240 e. The standard InChI is InChI=1S/C31H37N3O4S/c1-3-21-4-6-22(7-5-21)28-18-25-12-15-27(19-29(25)33(28)2)39(36,37)32-26-13-10-24(11-14-26)31(35)34-16-17-38-20-30(34)23-8-9-23/h1,4-7,12,15,18-19,23-24,26,30,32H,3,8-11,13-14,16-17,20H2,2H3/t24?,26?,30-/m1/s1. The molecule has 206 valence electrons. The summed E-state index contributed by atoms with van der Waals surface area (Å²) in [7, 11) is -1.73. The van der Waals surface area contributed by atoms with Crippen LogP contribution in [-0.2, 0) is 33.0 Å². The van der Waals surface area contributed by atoms with Gasteiger partial charge in [-0.05, 0) is 87.1 Å². The van der Waals surface area contributed by atoms with Crippen molar-refractivity contribution in [3.8, 4) is 11.3 Å². The Kier molecular flexibility index (Phi) is 7.29. The van der Waals surface area contributed by atoms with E-state index < -0.39 is 10.0 Å². The van der Waals surface area contributed by atoms with Gasteiger partial charge in [-0.15, -0.1) is 0 Å². The topological polar surface area (TPSA) is 80.6 Å². The Morgan fingerprint density at radius 3 is 2.46 bits per heavy atom. The summed E-state index contributed by atoms with van der Waals surface area (Å²) >= 11 is 0. The highest BCUT2D eigenvalue weighted by atomic mass is 32.2. The molecule has 3 fully saturated rings. The molecular formula is C31H37N3O4S. The van der Waals surface area contributed by atoms with Gasteiger partial charge in [0, 0.05) is 42.1 Å². The van der Waals surface area contributed by atoms with Crippen molar-refractivity contribution in [3.05, 3.63) is 61.0 Å². The van der Waals surface area contributed by atoms with Crippen molar-refractivity contribution >= 4 is 26.8 Å². The second kappa shape index (κ2) is 10.7. The fourth-order valence-electron chi connectivity index (χ4n) is 6.31. The lowest BCUT2D eigenvalue weighted by atomic mass is 9.85. The van der Waals surface area contributed by atoms with Gasteiger partial charge in [0.2, 0.25) is 15.9 Å². The second-order valence-corrected chi connectivity index (χ2v) is 13.1. The number of sulfonamides is 1. The Labute approximate surface area is 231 Å². The van der Waals surface area contributed by atoms with Crippen molar-refractivity contribution < 1.29 is 17.9 Å². The summed E-state index contributed by atoms with van der Waals surface area (Å²) in [5, 5.41) is 0.987. The predicted molar refractivity (Wildman–Crippen MR) is 151 cm³/mol. The van der Waals surface area contributed by atoms with Crippen LogP contribution in [0.5, 0.6) is 0 Å². The summed E-state index contributed by atoms with van der Waals surface area (Å²) < 4.78 is 37.4. The van der Waals surface area contributed by atoms with E-state index in [9.17, 15) is 13.2 Å². The van der Waals surface area contributed by atoms with Crippen LogP contribution in [0.15, 0.2) is 53.4 Å². The average molecular weight is 548 g/mol. The number of morpholine rings is 1. The van der Waals surface area contributed by atoms with E-state index in [2.05, 4.69) is 15.7 Å². The fraction of sp³-hybridized carbons (Fsp3) is 0.484. The molecule has 0 bridgehead atoms. The van der Waals surface area contributed by atoms with Gasteiger partial charge in [-0.25, -0.2) is 13.1 Å². The second-order valence-electron chi connectivity index (χ2n) is 11.4. The van der Waals surface area contributed by atoms with E-state index in [0.29, 0.717) is 57.8 Å². The highest BCUT2D eigenvalue weighted by Gasteiger charge is 2.41. The first kappa shape index (κ1) is 26.5. The molecule has 6 rings (SSSR count). The molecule has 3 aliphatic rings. The molecule has 1 amide bonds. The van der Waals surface area contributed by atoms with Gasteiger partial charge in [-0.3, -0.25) is 4.79 Å². The van der Waals surface area contributed by atoms with E-state index >= 15 is 0 Å². The van der Waals surface area contributed by atoms with Crippen LogP contribution < -0.4 is 4.72 Å². The molecule has 2 radical (unpaired) electrons. The van der Waals surface area contributed by atoms with E-state index in [1.807, 2.05) is 41.9 Å². The quantitative estimate of drug-likeness (QED) is 0.470. The van der Waals surface area contributed by atoms with E-state index in [0.717, 1.165) is 27.7 Å². The van der Waals surface area contributed by atoms with E-state index in [4.69, 9.17) is 11.7 Å². The van der Waals surface area contributed by atoms with Gasteiger partial charge in [-0.1, -0.05) is 30.3 Å². The van der Waals surface area contributed by atoms with Crippen LogP contribution in [0.3, 0.4) is 0 Å². The molecule has 1 aliphatic heterocycles. The number of amides is 1. The molecule has 1 N–H and O–H groups in total. The van der Waals surface area contributed by atoms with Crippen molar-refractivity contribution in [2.45, 2.75) is 61.9 Å². The lowest BCUT2D eigenvalue weighted by Crippen LogP contribution is -2.52. The van der Waals surface area contributed by atoms with Crippen LogP contribution in [-0.4, -0.2) is 55.6 Å². The number of hydrogen-bond acceptors (Lipinski definition) is 4. The van der Waals surface area contributed by atoms with Crippen LogP contribution >= 0.6 is 0 Å². The number of carbonyl (C=O) groups excluding carboxylic acids is 1. The molecule has 7 nitrogen and oxygen atoms in total. The van der Waals surface area contributed by atoms with Gasteiger partial charge in [0.05, 0.1) is 24.2 Å². The van der Waals surface area contributed by atoms with E-state index in [-0.39, 0.29) is 28.8 Å². The lowest BCUT2D eigenvalue weighted by Gasteiger charge is -2.39. The summed E-state index contributed by atoms with van der Waals surface area (Å²) in [4.78, 5) is 15.7. The lowest BCUT2D eigenvalue weighted by molar-refractivity contribution is -0.146. The summed E-state index contributed by atoms with van der Waals surface area (Å²) in [6, 6.07) is 15.6. The normalized spacial score (nSPS) is 24.3. The maximum atomic E-state index is 13.4. The van der Waals surface area contributed by atoms with E-state index in [1.165, 1.54) is 12.8 Å². The Morgan fingerprint density at radius 2 is 1.77 bits per heavy atom. The minimum Gasteiger partial charge on any atom is -0.377 e. The molecule has 1 aromatic heterocycles. The van der Waals surface area contributed by atoms with Gasteiger partial charge in [0.25, 0.3) is 0 Å². The molecule has 2 heterocycles. The van der Waals surface area contributed by atoms with Crippen LogP contribution in [0.25, 0.3) is 22.2 Å². The minimum absolute atomic E-state index is 0.0258. The highest BCUT2D eigenvalue weighted by Crippen LogP contribution is 2.38. The fourth-order valence-corrected chi connectivity index (χ4v) is 7.64. The molecule has 2 aromatic carbocycles. The predicted octanol–water partition coefficient (Wildman–Crippen LogP) is 4.57. The van der Waals surface area contributed by atoms with Crippen molar-refractivity contribution in [1.29, 1.82) is 0 Å². The Morgan fingerprint density at radius 1 is 1.03 bits per heavy atom. The van der Waals surface area contributed by atoms with Crippen molar-refractivity contribution in [1.82, 2.24) is 14.2 Å². The molecule has 1 saturated heterocycles. The van der Waals surface area contributed by atoms with Crippen LogP contribution in [0.1, 0.15) is 44.1 Å². The van der Waals surface area contributed by atoms with Crippen LogP contribution in [0.4, 0.5) is 0 Å². The third-order valence-electron chi connectivity index (χ3n) is 8.83. The Bertz CT molecular complexity index is 1450. The zero-order valence-electron chi connectivity index (χ0n) is 22.5. The number of nitrogens with zero attached hydrogens (tertiary/aromatic N) is 2. The molecule has 1 atom stereocenters. The average Bonchev–Trinajstić information content (AvgIpc) is 3.76. The molecule has 2 saturated carbocycles. The maximum absolute atomic E-state index is 13.4. The van der Waals surface area contributed by atoms with Gasteiger partial charge in [0.15, 0.2) is 0 Å². The summed E-state index contributed by atoms with van der Waals surface area (Å²) in [6.45, 7) is 7.67. The van der Waals surface area contributed by atoms with Gasteiger partial charge < -0.3 is 14.2 Å². The van der Waals surface area contributed by atoms with Gasteiger partial charge in [0.1, 0.15) is 0 Å². The van der Waals surface area contributed by atoms with Crippen molar-refractivity contribution in [2.24, 2.45) is 18.9 Å². The maximum Gasteiger partial charge on any atom is 0.240 e. The zero-order chi connectivity index (χ0) is 27.1. The molecule has 0 unspecified atom stereocenters. The highest BCUT2D eigenvalue weighted by molar-refractivity contribution is 7.89. The first-order valence-electron chi connectivity index (χ1n) is 14.1. The Balaban J connectivity index is 1.12. The summed E-state index contributed by atoms with van der Waals surface area (Å²) in [5.41, 5.74) is 4.00. The molecule has 39 heavy (non-hydrogen) atoms. The molecular weight excluding hydrogens is 510 g/mol. The molecule has 8 heteroatoms. The summed E-state index contributed by atoms with van der Waals surface area (Å²) in [6.07, 6.45) is 5.63. The van der Waals surface area contributed by atoms with Gasteiger partial charge >= 0.3 is 0 Å². The van der Waals surface area contributed by atoms with Gasteiger partial charge in [-0.2, -0.15) is 0 Å². The number of rotatable bonds is 7. The zero-order valence-corrected chi connectivity index (χ0v) is 23.3. The number of nitrogens with one attached hydrogen (secondary N) is 1. The molecule has 2 aliphatic carbocycles. The number of hydrogen-bond donors (Lipinski definition) is 1. The number of benzene rings is 2. The number of aromatic nitrogens is 1. The summed E-state index contributed by atoms with van der Waals surface area (Å²) in [5.74, 6) is 0.799. The number of ether oxygens (including phenoxy) is 1. The third-order valence-corrected chi connectivity index (χ3v) is 10.3. The number of fused-ring (bicyclic) bond motifs is 1. The Hall–Kier alpha value is -2.68. The minimum atomic E-state index is -3.69. The number of carbonyl (C=O) groups is 1. The first-order valence-corrected chi connectivity index (χ1v) is 15.6. The molecule has 0 spiro atoms. The van der Waals surface area contributed by atoms with Crippen molar-refractivity contribution in [3.63, 3.8) is 0 Å². The third kappa shape index (κ3) is 5.39. The largest absolute Gasteiger partial charge is 0.377 e. The number of aryl methyl sites for hydroxylation is 1. The first-order chi connectivity index (χ1) is 18.8. The van der Waals surface area contributed by atoms with Crippen LogP contribution in [0, 0.1) is 18.8 Å². The van der Waals surface area contributed by atoms with E-state index in [1.54, 1.807) is 12.1 Å². The van der Waals surface area contributed by atoms with Crippen LogP contribution in [0.2, 0.25) is 0 Å². The molecule has 3 aromatic rings. The SMILES string of the molecule is [CH]Cc1ccc(-c2cc3ccc(S(=O)(=O)NC4CCC(C(=O)N5CCOC[C@@H]5C5CC5)CC4)cc3n2C)cc1. The van der Waals surface area contributed by atoms with Crippen molar-refractivity contribution in [2.75, 3.05) is 19.8 Å². The monoisotopic (exact) mass is 547 g/mol.